The Morgan fingerprint density at radius 1 is 1.50 bits per heavy atom. The fourth-order valence-corrected chi connectivity index (χ4v) is 1.85. The Balaban J connectivity index is 2.03. The molecule has 18 heavy (non-hydrogen) atoms. The van der Waals surface area contributed by atoms with E-state index >= 15 is 0 Å². The van der Waals surface area contributed by atoms with Crippen LogP contribution in [0.25, 0.3) is 0 Å². The Labute approximate surface area is 108 Å². The molecule has 0 radical (unpaired) electrons. The van der Waals surface area contributed by atoms with Crippen molar-refractivity contribution in [1.82, 2.24) is 0 Å². The first-order valence-corrected chi connectivity index (χ1v) is 6.49. The molecule has 1 fully saturated rings. The number of ether oxygens (including phenoxy) is 1. The van der Waals surface area contributed by atoms with Crippen LogP contribution in [-0.4, -0.2) is 25.8 Å². The van der Waals surface area contributed by atoms with E-state index in [1.165, 1.54) is 0 Å². The smallest absolute Gasteiger partial charge is 0.414 e. The highest BCUT2D eigenvalue weighted by molar-refractivity contribution is 5.89. The highest BCUT2D eigenvalue weighted by atomic mass is 16.6. The van der Waals surface area contributed by atoms with E-state index < -0.39 is 0 Å². The van der Waals surface area contributed by atoms with Gasteiger partial charge in [0.15, 0.2) is 0 Å². The lowest BCUT2D eigenvalue weighted by Crippen LogP contribution is -2.23. The number of nitrogens with zero attached hydrogens (tertiary/aromatic N) is 1. The second kappa shape index (κ2) is 5.76. The lowest BCUT2D eigenvalue weighted by Gasteiger charge is -2.16. The first-order valence-electron chi connectivity index (χ1n) is 6.49. The van der Waals surface area contributed by atoms with Crippen LogP contribution < -0.4 is 10.2 Å². The maximum atomic E-state index is 11.5. The van der Waals surface area contributed by atoms with E-state index in [9.17, 15) is 4.79 Å². The zero-order valence-electron chi connectivity index (χ0n) is 11.0. The van der Waals surface area contributed by atoms with Crippen LogP contribution in [0.4, 0.5) is 16.2 Å². The fraction of sp³-hybridized carbons (Fsp3) is 0.500. The summed E-state index contributed by atoms with van der Waals surface area (Å²) in [5.74, 6) is 0.644. The van der Waals surface area contributed by atoms with E-state index in [4.69, 9.17) is 4.74 Å². The number of carbonyl (C=O) groups is 1. The Morgan fingerprint density at radius 2 is 2.33 bits per heavy atom. The van der Waals surface area contributed by atoms with Crippen LogP contribution in [0.15, 0.2) is 24.3 Å². The van der Waals surface area contributed by atoms with Gasteiger partial charge in [0.05, 0.1) is 6.54 Å². The standard InChI is InChI=1S/C14H20N2O2/c1-3-11(2)10-15-12-5-4-6-13(9-12)16-7-8-18-14(16)17/h4-6,9,11,15H,3,7-8,10H2,1-2H3. The molecule has 1 saturated heterocycles. The molecule has 0 aromatic heterocycles. The first-order chi connectivity index (χ1) is 8.70. The van der Waals surface area contributed by atoms with Gasteiger partial charge in [-0.3, -0.25) is 4.90 Å². The molecule has 1 aromatic rings. The fourth-order valence-electron chi connectivity index (χ4n) is 1.85. The van der Waals surface area contributed by atoms with Crippen molar-refractivity contribution in [1.29, 1.82) is 0 Å². The SMILES string of the molecule is CCC(C)CNc1cccc(N2CCOC2=O)c1. The molecule has 1 aliphatic rings. The van der Waals surface area contributed by atoms with Gasteiger partial charge in [-0.25, -0.2) is 4.79 Å². The highest BCUT2D eigenvalue weighted by Gasteiger charge is 2.23. The van der Waals surface area contributed by atoms with Crippen LogP contribution in [0.2, 0.25) is 0 Å². The van der Waals surface area contributed by atoms with Gasteiger partial charge in [-0.2, -0.15) is 0 Å². The predicted octanol–water partition coefficient (Wildman–Crippen LogP) is 3.10. The zero-order valence-corrected chi connectivity index (χ0v) is 11.0. The number of hydrogen-bond acceptors (Lipinski definition) is 3. The summed E-state index contributed by atoms with van der Waals surface area (Å²) in [6, 6.07) is 7.91. The molecule has 1 atom stereocenters. The van der Waals surface area contributed by atoms with Crippen LogP contribution in [0.5, 0.6) is 0 Å². The monoisotopic (exact) mass is 248 g/mol. The lowest BCUT2D eigenvalue weighted by atomic mass is 10.1. The number of hydrogen-bond donors (Lipinski definition) is 1. The zero-order chi connectivity index (χ0) is 13.0. The van der Waals surface area contributed by atoms with Crippen molar-refractivity contribution in [2.24, 2.45) is 5.92 Å². The third-order valence-corrected chi connectivity index (χ3v) is 3.27. The van der Waals surface area contributed by atoms with E-state index in [0.717, 1.165) is 24.3 Å². The van der Waals surface area contributed by atoms with Crippen molar-refractivity contribution in [3.05, 3.63) is 24.3 Å². The van der Waals surface area contributed by atoms with E-state index in [1.807, 2.05) is 24.3 Å². The molecular weight excluding hydrogens is 228 g/mol. The second-order valence-corrected chi connectivity index (χ2v) is 4.71. The molecule has 1 amide bonds. The van der Waals surface area contributed by atoms with E-state index in [-0.39, 0.29) is 6.09 Å². The molecular formula is C14H20N2O2. The summed E-state index contributed by atoms with van der Waals surface area (Å²) in [6.07, 6.45) is 0.902. The van der Waals surface area contributed by atoms with Gasteiger partial charge in [0.2, 0.25) is 0 Å². The van der Waals surface area contributed by atoms with Crippen molar-refractivity contribution in [2.75, 3.05) is 29.9 Å². The summed E-state index contributed by atoms with van der Waals surface area (Å²) in [5.41, 5.74) is 1.94. The Hall–Kier alpha value is -1.71. The van der Waals surface area contributed by atoms with E-state index in [1.54, 1.807) is 4.90 Å². The molecule has 1 heterocycles. The number of rotatable bonds is 5. The molecule has 0 aliphatic carbocycles. The normalized spacial score (nSPS) is 16.6. The molecule has 2 rings (SSSR count). The maximum Gasteiger partial charge on any atom is 0.414 e. The molecule has 4 nitrogen and oxygen atoms in total. The summed E-state index contributed by atoms with van der Waals surface area (Å²) in [7, 11) is 0. The number of amides is 1. The minimum absolute atomic E-state index is 0.255. The second-order valence-electron chi connectivity index (χ2n) is 4.71. The molecule has 1 unspecified atom stereocenters. The molecule has 98 valence electrons. The average molecular weight is 248 g/mol. The summed E-state index contributed by atoms with van der Waals surface area (Å²) >= 11 is 0. The molecule has 0 saturated carbocycles. The van der Waals surface area contributed by atoms with Crippen LogP contribution >= 0.6 is 0 Å². The van der Waals surface area contributed by atoms with Crippen molar-refractivity contribution in [3.63, 3.8) is 0 Å². The Kier molecular flexibility index (Phi) is 4.07. The van der Waals surface area contributed by atoms with Gasteiger partial charge < -0.3 is 10.1 Å². The minimum Gasteiger partial charge on any atom is -0.447 e. The minimum atomic E-state index is -0.255. The lowest BCUT2D eigenvalue weighted by molar-refractivity contribution is 0.181. The number of benzene rings is 1. The molecule has 0 bridgehead atoms. The van der Waals surface area contributed by atoms with Crippen LogP contribution in [0, 0.1) is 5.92 Å². The number of carbonyl (C=O) groups excluding carboxylic acids is 1. The van der Waals surface area contributed by atoms with Gasteiger partial charge in [-0.05, 0) is 24.1 Å². The van der Waals surface area contributed by atoms with E-state index in [2.05, 4.69) is 19.2 Å². The van der Waals surface area contributed by atoms with Gasteiger partial charge in [0.1, 0.15) is 6.61 Å². The summed E-state index contributed by atoms with van der Waals surface area (Å²) in [5, 5.41) is 3.40. The van der Waals surface area contributed by atoms with Crippen LogP contribution in [-0.2, 0) is 4.74 Å². The molecule has 1 N–H and O–H groups in total. The molecule has 1 aliphatic heterocycles. The molecule has 1 aromatic carbocycles. The van der Waals surface area contributed by atoms with Gasteiger partial charge in [-0.15, -0.1) is 0 Å². The van der Waals surface area contributed by atoms with Crippen molar-refractivity contribution >= 4 is 17.5 Å². The largest absolute Gasteiger partial charge is 0.447 e. The van der Waals surface area contributed by atoms with Crippen molar-refractivity contribution in [3.8, 4) is 0 Å². The maximum absolute atomic E-state index is 11.5. The summed E-state index contributed by atoms with van der Waals surface area (Å²) < 4.78 is 4.94. The van der Waals surface area contributed by atoms with Gasteiger partial charge in [0, 0.05) is 17.9 Å². The summed E-state index contributed by atoms with van der Waals surface area (Å²) in [4.78, 5) is 13.1. The van der Waals surface area contributed by atoms with Crippen LogP contribution in [0.3, 0.4) is 0 Å². The molecule has 4 heteroatoms. The molecule has 0 spiro atoms. The predicted molar refractivity (Wildman–Crippen MR) is 73.1 cm³/mol. The highest BCUT2D eigenvalue weighted by Crippen LogP contribution is 2.22. The van der Waals surface area contributed by atoms with Gasteiger partial charge in [-0.1, -0.05) is 26.3 Å². The summed E-state index contributed by atoms with van der Waals surface area (Å²) in [6.45, 7) is 6.46. The topological polar surface area (TPSA) is 41.6 Å². The number of nitrogens with one attached hydrogen (secondary N) is 1. The van der Waals surface area contributed by atoms with Crippen molar-refractivity contribution in [2.45, 2.75) is 20.3 Å². The Morgan fingerprint density at radius 3 is 3.00 bits per heavy atom. The van der Waals surface area contributed by atoms with Crippen LogP contribution in [0.1, 0.15) is 20.3 Å². The number of cyclic esters (lactones) is 1. The quantitative estimate of drug-likeness (QED) is 0.870. The average Bonchev–Trinajstić information content (AvgIpc) is 2.82. The van der Waals surface area contributed by atoms with Gasteiger partial charge >= 0.3 is 6.09 Å². The number of anilines is 2. The third kappa shape index (κ3) is 2.94. The van der Waals surface area contributed by atoms with Crippen molar-refractivity contribution < 1.29 is 9.53 Å². The first kappa shape index (κ1) is 12.7. The van der Waals surface area contributed by atoms with E-state index in [0.29, 0.717) is 19.1 Å². The Bertz CT molecular complexity index is 420. The third-order valence-electron chi connectivity index (χ3n) is 3.27. The van der Waals surface area contributed by atoms with Gasteiger partial charge in [0.25, 0.3) is 0 Å².